The number of thiophene rings is 1. The molecule has 0 bridgehead atoms. The summed E-state index contributed by atoms with van der Waals surface area (Å²) in [6.07, 6.45) is 0. The molecule has 14 heavy (non-hydrogen) atoms. The number of methoxy groups -OCH3 is 1. The van der Waals surface area contributed by atoms with Gasteiger partial charge in [-0.3, -0.25) is 0 Å². The van der Waals surface area contributed by atoms with Crippen molar-refractivity contribution in [3.05, 3.63) is 28.2 Å². The number of hydrogen-bond acceptors (Lipinski definition) is 2. The Balaban J connectivity index is 2.67. The van der Waals surface area contributed by atoms with Gasteiger partial charge in [-0.1, -0.05) is 11.3 Å². The number of halogens is 2. The highest BCUT2D eigenvalue weighted by Crippen LogP contribution is 2.37. The zero-order valence-corrected chi connectivity index (χ0v) is 10.7. The average molecular weight is 292 g/mol. The third-order valence-corrected chi connectivity index (χ3v) is 4.31. The topological polar surface area (TPSA) is 9.23 Å². The molecule has 0 aliphatic carbocycles. The minimum absolute atomic E-state index is 0.534. The highest BCUT2D eigenvalue weighted by molar-refractivity contribution is 9.10. The van der Waals surface area contributed by atoms with E-state index in [2.05, 4.69) is 22.0 Å². The Labute approximate surface area is 99.8 Å². The summed E-state index contributed by atoms with van der Waals surface area (Å²) in [7, 11) is 1.68. The molecule has 1 nitrogen and oxygen atoms in total. The lowest BCUT2D eigenvalue weighted by Gasteiger charge is -1.97. The molecule has 0 aliphatic rings. The van der Waals surface area contributed by atoms with Crippen LogP contribution < -0.4 is 4.74 Å². The van der Waals surface area contributed by atoms with Crippen LogP contribution in [0.4, 0.5) is 0 Å². The van der Waals surface area contributed by atoms with Crippen LogP contribution in [0.15, 0.2) is 22.7 Å². The number of rotatable bonds is 2. The van der Waals surface area contributed by atoms with Gasteiger partial charge in [-0.05, 0) is 45.1 Å². The Bertz CT molecular complexity index is 466. The molecule has 0 saturated heterocycles. The molecule has 0 saturated carbocycles. The van der Waals surface area contributed by atoms with Gasteiger partial charge >= 0.3 is 0 Å². The zero-order chi connectivity index (χ0) is 10.1. The van der Waals surface area contributed by atoms with Crippen molar-refractivity contribution in [3.63, 3.8) is 0 Å². The van der Waals surface area contributed by atoms with Crippen LogP contribution in [-0.2, 0) is 5.88 Å². The summed E-state index contributed by atoms with van der Waals surface area (Å²) in [4.78, 5) is 0. The maximum absolute atomic E-state index is 5.79. The van der Waals surface area contributed by atoms with E-state index in [1.165, 1.54) is 10.1 Å². The van der Waals surface area contributed by atoms with Crippen LogP contribution in [0, 0.1) is 0 Å². The van der Waals surface area contributed by atoms with E-state index in [1.807, 2.05) is 12.1 Å². The number of ether oxygens (including phenoxy) is 1. The first-order chi connectivity index (χ1) is 6.74. The third-order valence-electron chi connectivity index (χ3n) is 1.96. The van der Waals surface area contributed by atoms with Gasteiger partial charge in [-0.15, -0.1) is 11.6 Å². The molecule has 0 spiro atoms. The fourth-order valence-electron chi connectivity index (χ4n) is 1.32. The lowest BCUT2D eigenvalue weighted by atomic mass is 10.2. The highest BCUT2D eigenvalue weighted by Gasteiger charge is 2.06. The lowest BCUT2D eigenvalue weighted by molar-refractivity contribution is 0.427. The standard InChI is InChI=1S/C10H8BrClOS/c1-13-9-4-7-2-6(5-12)3-8(11)10(7)14-9/h2-4H,5H2,1H3. The Morgan fingerprint density at radius 1 is 1.43 bits per heavy atom. The van der Waals surface area contributed by atoms with Gasteiger partial charge in [-0.2, -0.15) is 0 Å². The second-order valence-electron chi connectivity index (χ2n) is 2.90. The van der Waals surface area contributed by atoms with E-state index in [0.717, 1.165) is 15.1 Å². The molecular formula is C10H8BrClOS. The molecule has 1 aromatic carbocycles. The number of hydrogen-bond donors (Lipinski definition) is 0. The van der Waals surface area contributed by atoms with Gasteiger partial charge in [0.25, 0.3) is 0 Å². The Morgan fingerprint density at radius 3 is 2.86 bits per heavy atom. The van der Waals surface area contributed by atoms with Crippen molar-refractivity contribution in [1.82, 2.24) is 0 Å². The highest BCUT2D eigenvalue weighted by atomic mass is 79.9. The van der Waals surface area contributed by atoms with Crippen LogP contribution in [-0.4, -0.2) is 7.11 Å². The van der Waals surface area contributed by atoms with Crippen molar-refractivity contribution < 1.29 is 4.74 Å². The minimum atomic E-state index is 0.534. The van der Waals surface area contributed by atoms with E-state index in [1.54, 1.807) is 18.4 Å². The van der Waals surface area contributed by atoms with Crippen molar-refractivity contribution in [2.24, 2.45) is 0 Å². The molecule has 0 unspecified atom stereocenters. The van der Waals surface area contributed by atoms with E-state index in [4.69, 9.17) is 16.3 Å². The SMILES string of the molecule is COc1cc2cc(CCl)cc(Br)c2s1. The van der Waals surface area contributed by atoms with Crippen LogP contribution in [0.3, 0.4) is 0 Å². The molecule has 2 rings (SSSR count). The molecule has 0 fully saturated rings. The fraction of sp³-hybridized carbons (Fsp3) is 0.200. The van der Waals surface area contributed by atoms with Crippen molar-refractivity contribution in [3.8, 4) is 5.06 Å². The van der Waals surface area contributed by atoms with Crippen LogP contribution in [0.5, 0.6) is 5.06 Å². The van der Waals surface area contributed by atoms with Crippen LogP contribution in [0.1, 0.15) is 5.56 Å². The first-order valence-corrected chi connectivity index (χ1v) is 6.21. The van der Waals surface area contributed by atoms with Gasteiger partial charge < -0.3 is 4.74 Å². The maximum Gasteiger partial charge on any atom is 0.174 e. The van der Waals surface area contributed by atoms with E-state index in [9.17, 15) is 0 Å². The predicted molar refractivity (Wildman–Crippen MR) is 65.6 cm³/mol. The number of fused-ring (bicyclic) bond motifs is 1. The second kappa shape index (κ2) is 4.09. The Hall–Kier alpha value is -0.250. The summed E-state index contributed by atoms with van der Waals surface area (Å²) in [5, 5.41) is 2.10. The van der Waals surface area contributed by atoms with Crippen LogP contribution in [0.25, 0.3) is 10.1 Å². The molecule has 0 atom stereocenters. The molecule has 1 aromatic heterocycles. The van der Waals surface area contributed by atoms with E-state index >= 15 is 0 Å². The molecule has 4 heteroatoms. The molecule has 0 N–H and O–H groups in total. The molecular weight excluding hydrogens is 284 g/mol. The summed E-state index contributed by atoms with van der Waals surface area (Å²) in [5.41, 5.74) is 1.12. The zero-order valence-electron chi connectivity index (χ0n) is 7.51. The van der Waals surface area contributed by atoms with E-state index < -0.39 is 0 Å². The quantitative estimate of drug-likeness (QED) is 0.745. The van der Waals surface area contributed by atoms with Crippen LogP contribution in [0.2, 0.25) is 0 Å². The molecule has 2 aromatic rings. The summed E-state index contributed by atoms with van der Waals surface area (Å²) < 4.78 is 7.48. The summed E-state index contributed by atoms with van der Waals surface area (Å²) >= 11 is 10.9. The maximum atomic E-state index is 5.79. The van der Waals surface area contributed by atoms with Crippen molar-refractivity contribution in [2.75, 3.05) is 7.11 Å². The van der Waals surface area contributed by atoms with Gasteiger partial charge in [0.05, 0.1) is 11.8 Å². The van der Waals surface area contributed by atoms with Gasteiger partial charge in [0.15, 0.2) is 5.06 Å². The third kappa shape index (κ3) is 1.76. The predicted octanol–water partition coefficient (Wildman–Crippen LogP) is 4.41. The molecule has 0 aliphatic heterocycles. The van der Waals surface area contributed by atoms with Gasteiger partial charge in [0.1, 0.15) is 0 Å². The van der Waals surface area contributed by atoms with Gasteiger partial charge in [-0.25, -0.2) is 0 Å². The van der Waals surface area contributed by atoms with Crippen molar-refractivity contribution in [1.29, 1.82) is 0 Å². The van der Waals surface area contributed by atoms with Gasteiger partial charge in [0, 0.05) is 10.4 Å². The molecule has 1 heterocycles. The minimum Gasteiger partial charge on any atom is -0.487 e. The Morgan fingerprint density at radius 2 is 2.21 bits per heavy atom. The van der Waals surface area contributed by atoms with E-state index in [0.29, 0.717) is 5.88 Å². The number of benzene rings is 1. The average Bonchev–Trinajstić information content (AvgIpc) is 2.61. The molecule has 0 amide bonds. The normalized spacial score (nSPS) is 10.8. The molecule has 0 radical (unpaired) electrons. The molecule has 74 valence electrons. The fourth-order valence-corrected chi connectivity index (χ4v) is 3.11. The first-order valence-electron chi connectivity index (χ1n) is 4.06. The summed E-state index contributed by atoms with van der Waals surface area (Å²) in [6, 6.07) is 6.16. The number of alkyl halides is 1. The first kappa shape index (κ1) is 10.3. The van der Waals surface area contributed by atoms with Crippen molar-refractivity contribution in [2.45, 2.75) is 5.88 Å². The lowest BCUT2D eigenvalue weighted by Crippen LogP contribution is -1.77. The van der Waals surface area contributed by atoms with Crippen molar-refractivity contribution >= 4 is 49.0 Å². The monoisotopic (exact) mass is 290 g/mol. The van der Waals surface area contributed by atoms with Crippen LogP contribution >= 0.6 is 38.9 Å². The second-order valence-corrected chi connectivity index (χ2v) is 5.04. The largest absolute Gasteiger partial charge is 0.487 e. The summed E-state index contributed by atoms with van der Waals surface area (Å²) in [6.45, 7) is 0. The Kier molecular flexibility index (Phi) is 3.00. The summed E-state index contributed by atoms with van der Waals surface area (Å²) in [5.74, 6) is 0.534. The smallest absolute Gasteiger partial charge is 0.174 e. The van der Waals surface area contributed by atoms with E-state index in [-0.39, 0.29) is 0 Å². The van der Waals surface area contributed by atoms with Gasteiger partial charge in [0.2, 0.25) is 0 Å².